The van der Waals surface area contributed by atoms with Crippen LogP contribution in [0.5, 0.6) is 0 Å². The van der Waals surface area contributed by atoms with Crippen LogP contribution in [0.15, 0.2) is 12.3 Å². The van der Waals surface area contributed by atoms with Gasteiger partial charge in [0.05, 0.1) is 30.0 Å². The van der Waals surface area contributed by atoms with E-state index in [-0.39, 0.29) is 12.4 Å². The van der Waals surface area contributed by atoms with Gasteiger partial charge in [-0.2, -0.15) is 4.68 Å². The summed E-state index contributed by atoms with van der Waals surface area (Å²) in [6.45, 7) is 1.86. The monoisotopic (exact) mass is 171 g/mol. The molecule has 6 heteroatoms. The Balaban J connectivity index is 2.71. The van der Waals surface area contributed by atoms with Crippen LogP contribution in [0, 0.1) is 10.1 Å². The highest BCUT2D eigenvalue weighted by atomic mass is 16.6. The first-order valence-electron chi connectivity index (χ1n) is 3.45. The first-order valence-corrected chi connectivity index (χ1v) is 3.45. The summed E-state index contributed by atoms with van der Waals surface area (Å²) in [6, 6.07) is 1.29. The fourth-order valence-corrected chi connectivity index (χ4v) is 0.821. The zero-order valence-electron chi connectivity index (χ0n) is 6.54. The average Bonchev–Trinajstić information content (AvgIpc) is 2.34. The average molecular weight is 171 g/mol. The van der Waals surface area contributed by atoms with Gasteiger partial charge < -0.3 is 15.2 Å². The lowest BCUT2D eigenvalue weighted by Crippen LogP contribution is -2.12. The van der Waals surface area contributed by atoms with Gasteiger partial charge in [0, 0.05) is 0 Å². The molecule has 12 heavy (non-hydrogen) atoms. The summed E-state index contributed by atoms with van der Waals surface area (Å²) in [7, 11) is 0. The highest BCUT2D eigenvalue weighted by molar-refractivity contribution is 5.13. The van der Waals surface area contributed by atoms with E-state index in [1.165, 1.54) is 16.9 Å². The van der Waals surface area contributed by atoms with Gasteiger partial charge in [-0.25, -0.2) is 0 Å². The molecule has 1 N–H and O–H groups in total. The molecule has 0 radical (unpaired) electrons. The largest absolute Gasteiger partial charge is 0.391 e. The van der Waals surface area contributed by atoms with Crippen molar-refractivity contribution in [1.82, 2.24) is 9.78 Å². The van der Waals surface area contributed by atoms with E-state index in [4.69, 9.17) is 5.11 Å². The maximum absolute atomic E-state index is 10.2. The van der Waals surface area contributed by atoms with Crippen molar-refractivity contribution in [2.24, 2.45) is 0 Å². The third-order valence-electron chi connectivity index (χ3n) is 1.26. The molecule has 0 saturated heterocycles. The number of nitrogens with zero attached hydrogens (tertiary/aromatic N) is 3. The van der Waals surface area contributed by atoms with Gasteiger partial charge in [0.2, 0.25) is 0 Å². The Bertz CT molecular complexity index is 281. The van der Waals surface area contributed by atoms with Gasteiger partial charge in [-0.15, -0.1) is 0 Å². The predicted molar refractivity (Wildman–Crippen MR) is 40.6 cm³/mol. The van der Waals surface area contributed by atoms with E-state index in [0.29, 0.717) is 0 Å². The zero-order valence-corrected chi connectivity index (χ0v) is 6.54. The summed E-state index contributed by atoms with van der Waals surface area (Å²) in [4.78, 5) is 9.60. The highest BCUT2D eigenvalue weighted by Crippen LogP contribution is 2.05. The first-order chi connectivity index (χ1) is 5.59. The van der Waals surface area contributed by atoms with Crippen LogP contribution in [-0.2, 0) is 6.54 Å². The van der Waals surface area contributed by atoms with E-state index >= 15 is 0 Å². The molecule has 0 fully saturated rings. The molecule has 0 aromatic carbocycles. The van der Waals surface area contributed by atoms with Crippen molar-refractivity contribution < 1.29 is 10.0 Å². The fraction of sp³-hybridized carbons (Fsp3) is 0.500. The van der Waals surface area contributed by atoms with Crippen LogP contribution in [0.1, 0.15) is 6.92 Å². The number of aliphatic hydroxyl groups is 1. The van der Waals surface area contributed by atoms with Crippen molar-refractivity contribution in [3.8, 4) is 0 Å². The second-order valence-corrected chi connectivity index (χ2v) is 2.50. The minimum Gasteiger partial charge on any atom is -0.391 e. The lowest BCUT2D eigenvalue weighted by molar-refractivity contribution is -0.389. The van der Waals surface area contributed by atoms with Gasteiger partial charge in [-0.1, -0.05) is 0 Å². The summed E-state index contributed by atoms with van der Waals surface area (Å²) >= 11 is 0. The maximum Gasteiger partial charge on any atom is 0.389 e. The first kappa shape index (κ1) is 8.66. The molecule has 0 saturated carbocycles. The van der Waals surface area contributed by atoms with Crippen molar-refractivity contribution in [1.29, 1.82) is 0 Å². The van der Waals surface area contributed by atoms with Crippen molar-refractivity contribution in [3.63, 3.8) is 0 Å². The van der Waals surface area contributed by atoms with Gasteiger partial charge in [-0.3, -0.25) is 0 Å². The van der Waals surface area contributed by atoms with E-state index in [1.807, 2.05) is 0 Å². The van der Waals surface area contributed by atoms with Gasteiger partial charge in [-0.05, 0) is 11.8 Å². The van der Waals surface area contributed by atoms with Crippen LogP contribution in [0.3, 0.4) is 0 Å². The molecule has 0 bridgehead atoms. The van der Waals surface area contributed by atoms with E-state index in [9.17, 15) is 10.1 Å². The molecule has 0 aliphatic heterocycles. The molecule has 1 heterocycles. The molecule has 0 aliphatic carbocycles. The van der Waals surface area contributed by atoms with Gasteiger partial charge >= 0.3 is 5.82 Å². The molecule has 66 valence electrons. The van der Waals surface area contributed by atoms with Crippen molar-refractivity contribution in [3.05, 3.63) is 22.4 Å². The van der Waals surface area contributed by atoms with Crippen molar-refractivity contribution >= 4 is 5.82 Å². The van der Waals surface area contributed by atoms with E-state index in [2.05, 4.69) is 5.10 Å². The number of aliphatic hydroxyl groups excluding tert-OH is 1. The summed E-state index contributed by atoms with van der Waals surface area (Å²) in [5.41, 5.74) is 0. The van der Waals surface area contributed by atoms with Gasteiger partial charge in [0.15, 0.2) is 0 Å². The standard InChI is InChI=1S/C6H9N3O3/c1-5(10)4-8-3-2-6(7-8)9(11)12/h2-3,5,10H,4H2,1H3/t5-/m1/s1. The molecule has 0 aliphatic rings. The van der Waals surface area contributed by atoms with E-state index < -0.39 is 11.0 Å². The molecular weight excluding hydrogens is 162 g/mol. The molecule has 0 spiro atoms. The molecule has 0 amide bonds. The van der Waals surface area contributed by atoms with Crippen molar-refractivity contribution in [2.75, 3.05) is 0 Å². The summed E-state index contributed by atoms with van der Waals surface area (Å²) in [5, 5.41) is 22.7. The molecule has 1 rings (SSSR count). The van der Waals surface area contributed by atoms with Crippen LogP contribution in [-0.4, -0.2) is 25.9 Å². The number of hydrogen-bond donors (Lipinski definition) is 1. The van der Waals surface area contributed by atoms with Crippen LogP contribution >= 0.6 is 0 Å². The topological polar surface area (TPSA) is 81.2 Å². The van der Waals surface area contributed by atoms with E-state index in [1.54, 1.807) is 6.92 Å². The summed E-state index contributed by atoms with van der Waals surface area (Å²) in [5.74, 6) is -0.198. The normalized spacial score (nSPS) is 12.8. The van der Waals surface area contributed by atoms with E-state index in [0.717, 1.165) is 0 Å². The molecule has 0 unspecified atom stereocenters. The molecular formula is C6H9N3O3. The fourth-order valence-electron chi connectivity index (χ4n) is 0.821. The maximum atomic E-state index is 10.2. The van der Waals surface area contributed by atoms with Gasteiger partial charge in [0.1, 0.15) is 0 Å². The summed E-state index contributed by atoms with van der Waals surface area (Å²) < 4.78 is 1.34. The second-order valence-electron chi connectivity index (χ2n) is 2.50. The van der Waals surface area contributed by atoms with Gasteiger partial charge in [0.25, 0.3) is 0 Å². The second kappa shape index (κ2) is 3.31. The van der Waals surface area contributed by atoms with Crippen LogP contribution in [0.2, 0.25) is 0 Å². The highest BCUT2D eigenvalue weighted by Gasteiger charge is 2.11. The lowest BCUT2D eigenvalue weighted by Gasteiger charge is -1.98. The Labute approximate surface area is 68.6 Å². The van der Waals surface area contributed by atoms with Crippen LogP contribution < -0.4 is 0 Å². The molecule has 1 aromatic rings. The van der Waals surface area contributed by atoms with Crippen LogP contribution in [0.4, 0.5) is 5.82 Å². The predicted octanol–water partition coefficient (Wildman–Crippen LogP) is 0.172. The minimum absolute atomic E-state index is 0.198. The smallest absolute Gasteiger partial charge is 0.389 e. The number of rotatable bonds is 3. The molecule has 6 nitrogen and oxygen atoms in total. The van der Waals surface area contributed by atoms with Crippen molar-refractivity contribution in [2.45, 2.75) is 19.6 Å². The molecule has 1 aromatic heterocycles. The summed E-state index contributed by atoms with van der Waals surface area (Å²) in [6.07, 6.45) is 0.912. The minimum atomic E-state index is -0.571. The number of nitro groups is 1. The molecule has 1 atom stereocenters. The Kier molecular flexibility index (Phi) is 2.39. The Morgan fingerprint density at radius 2 is 2.58 bits per heavy atom. The Morgan fingerprint density at radius 3 is 3.00 bits per heavy atom. The quantitative estimate of drug-likeness (QED) is 0.519. The third kappa shape index (κ3) is 2.03. The lowest BCUT2D eigenvalue weighted by atomic mass is 10.4. The van der Waals surface area contributed by atoms with Crippen LogP contribution in [0.25, 0.3) is 0 Å². The SMILES string of the molecule is C[C@@H](O)Cn1ccc([N+](=O)[O-])n1. The Hall–Kier alpha value is -1.43. The number of hydrogen-bond acceptors (Lipinski definition) is 4. The third-order valence-corrected chi connectivity index (χ3v) is 1.26. The Morgan fingerprint density at radius 1 is 1.92 bits per heavy atom. The zero-order chi connectivity index (χ0) is 9.14. The number of aromatic nitrogens is 2.